The fraction of sp³-hybridized carbons (Fsp3) is 0.417. The Bertz CT molecular complexity index is 524. The second kappa shape index (κ2) is 4.53. The molecular formula is C12H16N4O. The smallest absolute Gasteiger partial charge is 0.188 e. The summed E-state index contributed by atoms with van der Waals surface area (Å²) in [6.07, 6.45) is 5.55. The summed E-state index contributed by atoms with van der Waals surface area (Å²) in [7, 11) is 1.84. The fourth-order valence-corrected chi connectivity index (χ4v) is 1.57. The van der Waals surface area contributed by atoms with E-state index >= 15 is 0 Å². The molecule has 0 radical (unpaired) electrons. The van der Waals surface area contributed by atoms with Crippen LogP contribution in [0.2, 0.25) is 0 Å². The van der Waals surface area contributed by atoms with Crippen LogP contribution in [-0.4, -0.2) is 25.1 Å². The highest BCUT2D eigenvalue weighted by atomic mass is 16.1. The maximum atomic E-state index is 11.9. The van der Waals surface area contributed by atoms with Crippen LogP contribution >= 0.6 is 0 Å². The molecule has 2 aromatic heterocycles. The lowest BCUT2D eigenvalue weighted by atomic mass is 10.2. The minimum atomic E-state index is -0.000365. The number of carbonyl (C=O) groups is 1. The number of hydrogen-bond acceptors (Lipinski definition) is 3. The zero-order chi connectivity index (χ0) is 12.4. The standard InChI is InChI=1S/C12H16N4O/c1-9(2)16-5-4-10(14-16)6-12(17)11-7-15(3)8-13-11/h4-5,7-9H,6H2,1-3H3. The molecule has 0 bridgehead atoms. The summed E-state index contributed by atoms with van der Waals surface area (Å²) in [6, 6.07) is 2.19. The van der Waals surface area contributed by atoms with Crippen LogP contribution in [0.1, 0.15) is 36.1 Å². The van der Waals surface area contributed by atoms with E-state index in [0.717, 1.165) is 5.69 Å². The first-order valence-electron chi connectivity index (χ1n) is 5.61. The van der Waals surface area contributed by atoms with E-state index in [0.29, 0.717) is 18.2 Å². The molecule has 0 N–H and O–H groups in total. The van der Waals surface area contributed by atoms with Crippen LogP contribution in [0, 0.1) is 0 Å². The molecule has 0 saturated heterocycles. The van der Waals surface area contributed by atoms with Gasteiger partial charge in [-0.05, 0) is 19.9 Å². The van der Waals surface area contributed by atoms with Gasteiger partial charge in [-0.1, -0.05) is 0 Å². The van der Waals surface area contributed by atoms with E-state index in [1.54, 1.807) is 17.1 Å². The normalized spacial score (nSPS) is 11.1. The fourth-order valence-electron chi connectivity index (χ4n) is 1.57. The first kappa shape index (κ1) is 11.6. The van der Waals surface area contributed by atoms with E-state index in [1.165, 1.54) is 0 Å². The molecule has 0 aliphatic carbocycles. The average molecular weight is 232 g/mol. The number of rotatable bonds is 4. The van der Waals surface area contributed by atoms with Crippen LogP contribution in [0.5, 0.6) is 0 Å². The van der Waals surface area contributed by atoms with Crippen molar-refractivity contribution in [3.8, 4) is 0 Å². The molecule has 90 valence electrons. The average Bonchev–Trinajstić information content (AvgIpc) is 2.86. The summed E-state index contributed by atoms with van der Waals surface area (Å²) in [5, 5.41) is 4.34. The van der Waals surface area contributed by atoms with E-state index in [1.807, 2.05) is 24.0 Å². The minimum Gasteiger partial charge on any atom is -0.340 e. The molecule has 0 fully saturated rings. The van der Waals surface area contributed by atoms with Crippen LogP contribution in [-0.2, 0) is 13.5 Å². The number of nitrogens with zero attached hydrogens (tertiary/aromatic N) is 4. The molecule has 0 aliphatic heterocycles. The van der Waals surface area contributed by atoms with Gasteiger partial charge in [0, 0.05) is 25.5 Å². The van der Waals surface area contributed by atoms with E-state index in [2.05, 4.69) is 23.9 Å². The Hall–Kier alpha value is -1.91. The lowest BCUT2D eigenvalue weighted by Gasteiger charge is -2.03. The van der Waals surface area contributed by atoms with Crippen molar-refractivity contribution in [3.63, 3.8) is 0 Å². The van der Waals surface area contributed by atoms with Gasteiger partial charge < -0.3 is 4.57 Å². The second-order valence-corrected chi connectivity index (χ2v) is 4.41. The third-order valence-corrected chi connectivity index (χ3v) is 2.52. The van der Waals surface area contributed by atoms with E-state index in [4.69, 9.17) is 0 Å². The first-order valence-corrected chi connectivity index (χ1v) is 5.61. The Morgan fingerprint density at radius 1 is 1.47 bits per heavy atom. The Balaban J connectivity index is 2.07. The number of ketones is 1. The van der Waals surface area contributed by atoms with Gasteiger partial charge in [0.15, 0.2) is 5.78 Å². The number of hydrogen-bond donors (Lipinski definition) is 0. The van der Waals surface area contributed by atoms with Crippen molar-refractivity contribution >= 4 is 5.78 Å². The molecule has 0 amide bonds. The highest BCUT2D eigenvalue weighted by Crippen LogP contribution is 2.07. The molecule has 0 atom stereocenters. The minimum absolute atomic E-state index is 0.000365. The molecule has 0 aromatic carbocycles. The Morgan fingerprint density at radius 3 is 2.76 bits per heavy atom. The lowest BCUT2D eigenvalue weighted by molar-refractivity contribution is 0.0987. The van der Waals surface area contributed by atoms with Crippen LogP contribution in [0.25, 0.3) is 0 Å². The monoisotopic (exact) mass is 232 g/mol. The van der Waals surface area contributed by atoms with Gasteiger partial charge in [0.05, 0.1) is 18.4 Å². The topological polar surface area (TPSA) is 52.7 Å². The number of carbonyl (C=O) groups excluding carboxylic acids is 1. The summed E-state index contributed by atoms with van der Waals surface area (Å²) in [6.45, 7) is 4.11. The van der Waals surface area contributed by atoms with Crippen molar-refractivity contribution in [3.05, 3.63) is 36.2 Å². The summed E-state index contributed by atoms with van der Waals surface area (Å²) < 4.78 is 3.61. The zero-order valence-corrected chi connectivity index (χ0v) is 10.3. The van der Waals surface area contributed by atoms with Gasteiger partial charge >= 0.3 is 0 Å². The number of imidazole rings is 1. The first-order chi connectivity index (χ1) is 8.06. The SMILES string of the molecule is CC(C)n1ccc(CC(=O)c2cn(C)cn2)n1. The molecule has 5 heteroatoms. The molecule has 2 heterocycles. The number of Topliss-reactive ketones (excluding diaryl/α,β-unsaturated/α-hetero) is 1. The summed E-state index contributed by atoms with van der Waals surface area (Å²) in [5.41, 5.74) is 1.28. The molecule has 5 nitrogen and oxygen atoms in total. The van der Waals surface area contributed by atoms with Crippen molar-refractivity contribution in [2.24, 2.45) is 7.05 Å². The van der Waals surface area contributed by atoms with Crippen molar-refractivity contribution in [2.45, 2.75) is 26.3 Å². The van der Waals surface area contributed by atoms with Crippen molar-refractivity contribution in [1.29, 1.82) is 0 Å². The quantitative estimate of drug-likeness (QED) is 0.753. The van der Waals surface area contributed by atoms with Crippen LogP contribution in [0.15, 0.2) is 24.8 Å². The zero-order valence-electron chi connectivity index (χ0n) is 10.3. The molecule has 0 spiro atoms. The molecule has 0 aliphatic rings. The highest BCUT2D eigenvalue weighted by Gasteiger charge is 2.12. The number of aryl methyl sites for hydroxylation is 1. The third kappa shape index (κ3) is 2.61. The molecule has 0 unspecified atom stereocenters. The van der Waals surface area contributed by atoms with Crippen molar-refractivity contribution < 1.29 is 4.79 Å². The predicted octanol–water partition coefficient (Wildman–Crippen LogP) is 1.62. The van der Waals surface area contributed by atoms with Gasteiger partial charge in [0.1, 0.15) is 5.69 Å². The van der Waals surface area contributed by atoms with Gasteiger partial charge in [-0.2, -0.15) is 5.10 Å². The highest BCUT2D eigenvalue weighted by molar-refractivity contribution is 5.95. The van der Waals surface area contributed by atoms with Crippen LogP contribution < -0.4 is 0 Å². The summed E-state index contributed by atoms with van der Waals surface area (Å²) in [4.78, 5) is 15.9. The molecule has 2 aromatic rings. The maximum absolute atomic E-state index is 11.9. The van der Waals surface area contributed by atoms with Crippen molar-refractivity contribution in [1.82, 2.24) is 19.3 Å². The second-order valence-electron chi connectivity index (χ2n) is 4.41. The largest absolute Gasteiger partial charge is 0.340 e. The Labute approximate surface area is 100 Å². The Morgan fingerprint density at radius 2 is 2.24 bits per heavy atom. The molecular weight excluding hydrogens is 216 g/mol. The molecule has 17 heavy (non-hydrogen) atoms. The van der Waals surface area contributed by atoms with Gasteiger partial charge in [-0.15, -0.1) is 0 Å². The summed E-state index contributed by atoms with van der Waals surface area (Å²) in [5.74, 6) is -0.000365. The van der Waals surface area contributed by atoms with Crippen LogP contribution in [0.4, 0.5) is 0 Å². The van der Waals surface area contributed by atoms with Gasteiger partial charge in [-0.3, -0.25) is 9.48 Å². The molecule has 2 rings (SSSR count). The van der Waals surface area contributed by atoms with Gasteiger partial charge in [-0.25, -0.2) is 4.98 Å². The van der Waals surface area contributed by atoms with Gasteiger partial charge in [0.2, 0.25) is 0 Å². The Kier molecular flexibility index (Phi) is 3.08. The third-order valence-electron chi connectivity index (χ3n) is 2.52. The lowest BCUT2D eigenvalue weighted by Crippen LogP contribution is -2.07. The van der Waals surface area contributed by atoms with E-state index in [-0.39, 0.29) is 5.78 Å². The van der Waals surface area contributed by atoms with Gasteiger partial charge in [0.25, 0.3) is 0 Å². The van der Waals surface area contributed by atoms with E-state index in [9.17, 15) is 4.79 Å². The number of aromatic nitrogens is 4. The maximum Gasteiger partial charge on any atom is 0.188 e. The predicted molar refractivity (Wildman–Crippen MR) is 63.9 cm³/mol. The van der Waals surface area contributed by atoms with Crippen molar-refractivity contribution in [2.75, 3.05) is 0 Å². The van der Waals surface area contributed by atoms with E-state index < -0.39 is 0 Å². The van der Waals surface area contributed by atoms with Crippen LogP contribution in [0.3, 0.4) is 0 Å². The summed E-state index contributed by atoms with van der Waals surface area (Å²) >= 11 is 0. The molecule has 0 saturated carbocycles.